The Labute approximate surface area is 90.7 Å². The van der Waals surface area contributed by atoms with Crippen LogP contribution in [0.15, 0.2) is 5.38 Å². The fourth-order valence-electron chi connectivity index (χ4n) is 1.22. The summed E-state index contributed by atoms with van der Waals surface area (Å²) in [6.07, 6.45) is 0. The highest BCUT2D eigenvalue weighted by Crippen LogP contribution is 2.19. The van der Waals surface area contributed by atoms with Crippen molar-refractivity contribution in [3.63, 3.8) is 0 Å². The maximum atomic E-state index is 11.8. The molecule has 76 valence electrons. The van der Waals surface area contributed by atoms with E-state index in [1.165, 1.54) is 11.3 Å². The molecule has 1 aliphatic heterocycles. The van der Waals surface area contributed by atoms with Gasteiger partial charge in [0.2, 0.25) is 0 Å². The molecule has 1 fully saturated rings. The quantitative estimate of drug-likeness (QED) is 0.831. The third kappa shape index (κ3) is 1.85. The van der Waals surface area contributed by atoms with Crippen LogP contribution in [0.1, 0.15) is 10.5 Å². The molecule has 2 rings (SSSR count). The molecule has 1 saturated heterocycles. The van der Waals surface area contributed by atoms with Crippen molar-refractivity contribution < 1.29 is 4.79 Å². The van der Waals surface area contributed by atoms with Crippen LogP contribution in [0.5, 0.6) is 0 Å². The number of thioether (sulfide) groups is 1. The molecule has 6 heteroatoms. The molecule has 14 heavy (non-hydrogen) atoms. The summed E-state index contributed by atoms with van der Waals surface area (Å²) in [5.74, 6) is 1.88. The van der Waals surface area contributed by atoms with Crippen molar-refractivity contribution in [2.24, 2.45) is 0 Å². The molecule has 1 aliphatic rings. The van der Waals surface area contributed by atoms with Crippen LogP contribution in [-0.2, 0) is 0 Å². The van der Waals surface area contributed by atoms with E-state index in [9.17, 15) is 4.79 Å². The van der Waals surface area contributed by atoms with Gasteiger partial charge in [-0.1, -0.05) is 0 Å². The Morgan fingerprint density at radius 1 is 1.71 bits per heavy atom. The van der Waals surface area contributed by atoms with Crippen molar-refractivity contribution in [1.29, 1.82) is 0 Å². The van der Waals surface area contributed by atoms with Gasteiger partial charge < -0.3 is 10.2 Å². The van der Waals surface area contributed by atoms with Gasteiger partial charge in [0.15, 0.2) is 5.13 Å². The van der Waals surface area contributed by atoms with E-state index in [4.69, 9.17) is 0 Å². The highest BCUT2D eigenvalue weighted by Gasteiger charge is 2.21. The van der Waals surface area contributed by atoms with E-state index in [1.807, 2.05) is 4.90 Å². The molecule has 0 bridgehead atoms. The Balaban J connectivity index is 2.09. The number of hydrogen-bond donors (Lipinski definition) is 1. The average Bonchev–Trinajstić information content (AvgIpc) is 2.88. The van der Waals surface area contributed by atoms with Gasteiger partial charge in [-0.25, -0.2) is 4.98 Å². The molecule has 0 unspecified atom stereocenters. The third-order valence-electron chi connectivity index (χ3n) is 1.98. The van der Waals surface area contributed by atoms with Gasteiger partial charge in [0.25, 0.3) is 5.91 Å². The SMILES string of the molecule is CNc1nc(C(=O)N2CCSC2)cs1. The van der Waals surface area contributed by atoms with E-state index in [2.05, 4.69) is 10.3 Å². The molecular formula is C8H11N3OS2. The normalized spacial score (nSPS) is 15.9. The maximum absolute atomic E-state index is 11.8. The zero-order valence-corrected chi connectivity index (χ0v) is 9.45. The lowest BCUT2D eigenvalue weighted by atomic mass is 10.4. The van der Waals surface area contributed by atoms with Crippen molar-refractivity contribution >= 4 is 34.1 Å². The van der Waals surface area contributed by atoms with Gasteiger partial charge in [-0.15, -0.1) is 23.1 Å². The molecule has 0 saturated carbocycles. The summed E-state index contributed by atoms with van der Waals surface area (Å²) in [5.41, 5.74) is 0.557. The van der Waals surface area contributed by atoms with E-state index in [0.29, 0.717) is 5.69 Å². The van der Waals surface area contributed by atoms with Gasteiger partial charge in [0.05, 0.1) is 5.88 Å². The van der Waals surface area contributed by atoms with Crippen LogP contribution in [0.2, 0.25) is 0 Å². The second kappa shape index (κ2) is 4.18. The molecule has 1 aromatic rings. The topological polar surface area (TPSA) is 45.2 Å². The minimum atomic E-state index is 0.0488. The smallest absolute Gasteiger partial charge is 0.274 e. The van der Waals surface area contributed by atoms with Crippen LogP contribution in [0, 0.1) is 0 Å². The lowest BCUT2D eigenvalue weighted by Crippen LogP contribution is -2.28. The Hall–Kier alpha value is -0.750. The van der Waals surface area contributed by atoms with Gasteiger partial charge in [-0.2, -0.15) is 0 Å². The zero-order chi connectivity index (χ0) is 9.97. The van der Waals surface area contributed by atoms with Crippen LogP contribution >= 0.6 is 23.1 Å². The molecule has 1 amide bonds. The number of carbonyl (C=O) groups is 1. The number of nitrogens with one attached hydrogen (secondary N) is 1. The van der Waals surface area contributed by atoms with Crippen molar-refractivity contribution in [3.8, 4) is 0 Å². The van der Waals surface area contributed by atoms with Gasteiger partial charge in [-0.3, -0.25) is 4.79 Å². The molecule has 1 aromatic heterocycles. The molecule has 0 radical (unpaired) electrons. The minimum absolute atomic E-state index is 0.0488. The summed E-state index contributed by atoms with van der Waals surface area (Å²) in [7, 11) is 1.80. The first kappa shape index (κ1) is 9.79. The van der Waals surface area contributed by atoms with E-state index in [-0.39, 0.29) is 5.91 Å². The molecule has 0 aliphatic carbocycles. The van der Waals surface area contributed by atoms with Crippen molar-refractivity contribution in [2.45, 2.75) is 0 Å². The van der Waals surface area contributed by atoms with Gasteiger partial charge in [0, 0.05) is 24.7 Å². The van der Waals surface area contributed by atoms with E-state index < -0.39 is 0 Å². The Kier molecular flexibility index (Phi) is 2.93. The largest absolute Gasteiger partial charge is 0.365 e. The summed E-state index contributed by atoms with van der Waals surface area (Å²) < 4.78 is 0. The standard InChI is InChI=1S/C8H11N3OS2/c1-9-8-10-6(4-14-8)7(12)11-2-3-13-5-11/h4H,2-3,5H2,1H3,(H,9,10). The number of nitrogens with zero attached hydrogens (tertiary/aromatic N) is 2. The van der Waals surface area contributed by atoms with E-state index in [0.717, 1.165) is 23.3 Å². The predicted octanol–water partition coefficient (Wildman–Crippen LogP) is 1.33. The van der Waals surface area contributed by atoms with Crippen LogP contribution in [-0.4, -0.2) is 41.0 Å². The fourth-order valence-corrected chi connectivity index (χ4v) is 2.81. The lowest BCUT2D eigenvalue weighted by molar-refractivity contribution is 0.0798. The molecule has 0 spiro atoms. The first-order valence-electron chi connectivity index (χ1n) is 4.31. The van der Waals surface area contributed by atoms with Crippen LogP contribution in [0.3, 0.4) is 0 Å². The number of aromatic nitrogens is 1. The highest BCUT2D eigenvalue weighted by molar-refractivity contribution is 7.99. The second-order valence-electron chi connectivity index (χ2n) is 2.89. The van der Waals surface area contributed by atoms with Gasteiger partial charge in [0.1, 0.15) is 5.69 Å². The molecule has 1 N–H and O–H groups in total. The Morgan fingerprint density at radius 3 is 3.14 bits per heavy atom. The highest BCUT2D eigenvalue weighted by atomic mass is 32.2. The monoisotopic (exact) mass is 229 g/mol. The van der Waals surface area contributed by atoms with Crippen LogP contribution < -0.4 is 5.32 Å². The number of thiazole rings is 1. The van der Waals surface area contributed by atoms with Crippen molar-refractivity contribution in [1.82, 2.24) is 9.88 Å². The van der Waals surface area contributed by atoms with Crippen molar-refractivity contribution in [3.05, 3.63) is 11.1 Å². The minimum Gasteiger partial charge on any atom is -0.365 e. The first-order valence-corrected chi connectivity index (χ1v) is 6.35. The summed E-state index contributed by atoms with van der Waals surface area (Å²) in [4.78, 5) is 17.8. The number of anilines is 1. The second-order valence-corrected chi connectivity index (χ2v) is 4.83. The van der Waals surface area contributed by atoms with Gasteiger partial charge >= 0.3 is 0 Å². The number of amides is 1. The molecule has 4 nitrogen and oxygen atoms in total. The number of hydrogen-bond acceptors (Lipinski definition) is 5. The maximum Gasteiger partial charge on any atom is 0.274 e. The molecule has 2 heterocycles. The first-order chi connectivity index (χ1) is 6.81. The van der Waals surface area contributed by atoms with Crippen LogP contribution in [0.4, 0.5) is 5.13 Å². The summed E-state index contributed by atoms with van der Waals surface area (Å²) in [6, 6.07) is 0. The number of carbonyl (C=O) groups excluding carboxylic acids is 1. The molecular weight excluding hydrogens is 218 g/mol. The number of rotatable bonds is 2. The zero-order valence-electron chi connectivity index (χ0n) is 7.82. The fraction of sp³-hybridized carbons (Fsp3) is 0.500. The van der Waals surface area contributed by atoms with Crippen LogP contribution in [0.25, 0.3) is 0 Å². The average molecular weight is 229 g/mol. The van der Waals surface area contributed by atoms with E-state index in [1.54, 1.807) is 24.2 Å². The van der Waals surface area contributed by atoms with E-state index >= 15 is 0 Å². The lowest BCUT2D eigenvalue weighted by Gasteiger charge is -2.11. The van der Waals surface area contributed by atoms with Gasteiger partial charge in [-0.05, 0) is 0 Å². The summed E-state index contributed by atoms with van der Waals surface area (Å²) >= 11 is 3.24. The predicted molar refractivity (Wildman–Crippen MR) is 60.0 cm³/mol. The Bertz CT molecular complexity index is 333. The summed E-state index contributed by atoms with van der Waals surface area (Å²) in [5, 5.41) is 5.52. The van der Waals surface area contributed by atoms with Crippen molar-refractivity contribution in [2.75, 3.05) is 30.5 Å². The molecule has 0 atom stereocenters. The third-order valence-corrected chi connectivity index (χ3v) is 3.80. The summed E-state index contributed by atoms with van der Waals surface area (Å²) in [6.45, 7) is 0.843. The Morgan fingerprint density at radius 2 is 2.57 bits per heavy atom. The molecule has 0 aromatic carbocycles.